The van der Waals surface area contributed by atoms with Crippen molar-refractivity contribution in [1.29, 1.82) is 0 Å². The minimum Gasteiger partial charge on any atom is -0.342 e. The number of carbonyl (C=O) groups excluding carboxylic acids is 1. The summed E-state index contributed by atoms with van der Waals surface area (Å²) in [5.41, 5.74) is 2.05. The first-order valence-electron chi connectivity index (χ1n) is 9.35. The van der Waals surface area contributed by atoms with Gasteiger partial charge in [0.2, 0.25) is 5.91 Å². The number of piperidine rings is 1. The van der Waals surface area contributed by atoms with E-state index in [2.05, 4.69) is 23.8 Å². The lowest BCUT2D eigenvalue weighted by Crippen LogP contribution is -2.41. The Morgan fingerprint density at radius 3 is 3.00 bits per heavy atom. The predicted molar refractivity (Wildman–Crippen MR) is 101 cm³/mol. The summed E-state index contributed by atoms with van der Waals surface area (Å²) >= 11 is 0. The van der Waals surface area contributed by atoms with E-state index < -0.39 is 0 Å². The van der Waals surface area contributed by atoms with Crippen molar-refractivity contribution in [3.8, 4) is 0 Å². The summed E-state index contributed by atoms with van der Waals surface area (Å²) in [5.74, 6) is 2.69. The molecule has 1 amide bonds. The Morgan fingerprint density at radius 1 is 1.35 bits per heavy atom. The Labute approximate surface area is 153 Å². The number of benzene rings is 1. The van der Waals surface area contributed by atoms with Gasteiger partial charge in [0.25, 0.3) is 0 Å². The number of nitrogens with one attached hydrogen (secondary N) is 1. The van der Waals surface area contributed by atoms with Crippen molar-refractivity contribution in [3.63, 3.8) is 0 Å². The Morgan fingerprint density at radius 2 is 2.19 bits per heavy atom. The average molecular weight is 351 g/mol. The van der Waals surface area contributed by atoms with Gasteiger partial charge in [0.15, 0.2) is 0 Å². The summed E-state index contributed by atoms with van der Waals surface area (Å²) in [7, 11) is 0. The minimum absolute atomic E-state index is 0.158. The molecule has 0 aliphatic carbocycles. The van der Waals surface area contributed by atoms with Crippen LogP contribution in [0.15, 0.2) is 36.7 Å². The van der Waals surface area contributed by atoms with Crippen LogP contribution < -0.4 is 0 Å². The number of carbonyl (C=O) groups is 1. The molecule has 3 aromatic rings. The Balaban J connectivity index is 1.47. The molecule has 1 aromatic carbocycles. The lowest BCUT2D eigenvalue weighted by molar-refractivity contribution is -0.133. The smallest absolute Gasteiger partial charge is 0.242 e. The van der Waals surface area contributed by atoms with Gasteiger partial charge in [0, 0.05) is 37.3 Å². The van der Waals surface area contributed by atoms with Crippen LogP contribution in [0, 0.1) is 0 Å². The highest BCUT2D eigenvalue weighted by atomic mass is 16.2. The van der Waals surface area contributed by atoms with E-state index in [1.807, 2.05) is 39.9 Å². The molecule has 26 heavy (non-hydrogen) atoms. The van der Waals surface area contributed by atoms with Crippen LogP contribution in [0.25, 0.3) is 11.0 Å². The first-order chi connectivity index (χ1) is 12.6. The van der Waals surface area contributed by atoms with Crippen molar-refractivity contribution in [2.75, 3.05) is 13.1 Å². The third kappa shape index (κ3) is 3.23. The van der Waals surface area contributed by atoms with Crippen LogP contribution in [0.5, 0.6) is 0 Å². The molecule has 1 atom stereocenters. The second-order valence-electron chi connectivity index (χ2n) is 7.39. The highest BCUT2D eigenvalue weighted by Gasteiger charge is 2.27. The number of H-pyrrole nitrogens is 1. The Bertz CT molecular complexity index is 877. The summed E-state index contributed by atoms with van der Waals surface area (Å²) in [6.45, 7) is 6.11. The second-order valence-corrected chi connectivity index (χ2v) is 7.39. The molecule has 2 aromatic heterocycles. The number of hydrogen-bond acceptors (Lipinski definition) is 3. The zero-order valence-corrected chi connectivity index (χ0v) is 15.4. The van der Waals surface area contributed by atoms with Gasteiger partial charge in [0.1, 0.15) is 18.2 Å². The van der Waals surface area contributed by atoms with E-state index in [1.165, 1.54) is 0 Å². The van der Waals surface area contributed by atoms with Crippen LogP contribution in [0.1, 0.15) is 50.2 Å². The Kier molecular flexibility index (Phi) is 4.49. The highest BCUT2D eigenvalue weighted by molar-refractivity contribution is 5.77. The Hall–Kier alpha value is -2.63. The minimum atomic E-state index is 0.158. The molecule has 1 saturated heterocycles. The second kappa shape index (κ2) is 6.94. The molecule has 6 nitrogen and oxygen atoms in total. The van der Waals surface area contributed by atoms with Gasteiger partial charge < -0.3 is 14.5 Å². The SMILES string of the molecule is CC(C)c1nccn1CC(=O)N1CCC[C@@H](c2nc3ccccc3[nH]2)C1. The molecule has 1 aliphatic heterocycles. The van der Waals surface area contributed by atoms with Crippen LogP contribution >= 0.6 is 0 Å². The lowest BCUT2D eigenvalue weighted by atomic mass is 9.97. The zero-order valence-electron chi connectivity index (χ0n) is 15.4. The van der Waals surface area contributed by atoms with Gasteiger partial charge in [-0.2, -0.15) is 0 Å². The maximum Gasteiger partial charge on any atom is 0.242 e. The van der Waals surface area contributed by atoms with E-state index in [9.17, 15) is 4.79 Å². The van der Waals surface area contributed by atoms with E-state index in [0.29, 0.717) is 12.5 Å². The molecule has 0 spiro atoms. The monoisotopic (exact) mass is 351 g/mol. The fraction of sp³-hybridized carbons (Fsp3) is 0.450. The fourth-order valence-corrected chi connectivity index (χ4v) is 3.79. The zero-order chi connectivity index (χ0) is 18.1. The molecule has 1 N–H and O–H groups in total. The number of para-hydroxylation sites is 2. The predicted octanol–water partition coefficient (Wildman–Crippen LogP) is 3.29. The first kappa shape index (κ1) is 16.8. The molecule has 0 bridgehead atoms. The summed E-state index contributed by atoms with van der Waals surface area (Å²) in [6.07, 6.45) is 5.74. The first-order valence-corrected chi connectivity index (χ1v) is 9.35. The topological polar surface area (TPSA) is 66.8 Å². The van der Waals surface area contributed by atoms with Crippen LogP contribution in [0.4, 0.5) is 0 Å². The number of aromatic amines is 1. The van der Waals surface area contributed by atoms with Crippen LogP contribution in [0.3, 0.4) is 0 Å². The van der Waals surface area contributed by atoms with Crippen molar-refractivity contribution < 1.29 is 4.79 Å². The average Bonchev–Trinajstić information content (AvgIpc) is 3.28. The summed E-state index contributed by atoms with van der Waals surface area (Å²) in [4.78, 5) is 27.4. The number of rotatable bonds is 4. The molecule has 136 valence electrons. The van der Waals surface area contributed by atoms with Crippen LogP contribution in [0.2, 0.25) is 0 Å². The summed E-state index contributed by atoms with van der Waals surface area (Å²) in [6, 6.07) is 8.08. The van der Waals surface area contributed by atoms with E-state index >= 15 is 0 Å². The molecule has 0 unspecified atom stereocenters. The number of nitrogens with zero attached hydrogens (tertiary/aromatic N) is 4. The summed E-state index contributed by atoms with van der Waals surface area (Å²) in [5, 5.41) is 0. The van der Waals surface area contributed by atoms with Crippen LogP contribution in [-0.2, 0) is 11.3 Å². The number of likely N-dealkylation sites (tertiary alicyclic amines) is 1. The van der Waals surface area contributed by atoms with Crippen molar-refractivity contribution in [2.24, 2.45) is 0 Å². The van der Waals surface area contributed by atoms with Gasteiger partial charge in [-0.05, 0) is 25.0 Å². The maximum atomic E-state index is 12.8. The number of hydrogen-bond donors (Lipinski definition) is 1. The number of imidazole rings is 2. The number of amides is 1. The highest BCUT2D eigenvalue weighted by Crippen LogP contribution is 2.27. The molecule has 0 saturated carbocycles. The van der Waals surface area contributed by atoms with Gasteiger partial charge in [-0.3, -0.25) is 4.79 Å². The van der Waals surface area contributed by atoms with Gasteiger partial charge in [0.05, 0.1) is 11.0 Å². The van der Waals surface area contributed by atoms with Crippen LogP contribution in [-0.4, -0.2) is 43.4 Å². The van der Waals surface area contributed by atoms with Gasteiger partial charge in [-0.1, -0.05) is 26.0 Å². The number of aromatic nitrogens is 4. The van der Waals surface area contributed by atoms with E-state index in [-0.39, 0.29) is 11.8 Å². The van der Waals surface area contributed by atoms with Gasteiger partial charge >= 0.3 is 0 Å². The lowest BCUT2D eigenvalue weighted by Gasteiger charge is -2.32. The van der Waals surface area contributed by atoms with Crippen molar-refractivity contribution in [3.05, 3.63) is 48.3 Å². The molecule has 6 heteroatoms. The molecule has 4 rings (SSSR count). The molecule has 0 radical (unpaired) electrons. The standard InChI is InChI=1S/C20H25N5O/c1-14(2)20-21-9-11-25(20)13-18(26)24-10-5-6-15(12-24)19-22-16-7-3-4-8-17(16)23-19/h3-4,7-9,11,14-15H,5-6,10,12-13H2,1-2H3,(H,22,23)/t15-/m1/s1. The molecular weight excluding hydrogens is 326 g/mol. The van der Waals surface area contributed by atoms with Gasteiger partial charge in [-0.15, -0.1) is 0 Å². The molecular formula is C20H25N5O. The third-order valence-corrected chi connectivity index (χ3v) is 5.14. The normalized spacial score (nSPS) is 18.0. The van der Waals surface area contributed by atoms with Crippen molar-refractivity contribution in [1.82, 2.24) is 24.4 Å². The van der Waals surface area contributed by atoms with E-state index in [1.54, 1.807) is 6.20 Å². The maximum absolute atomic E-state index is 12.8. The molecule has 1 fully saturated rings. The molecule has 1 aliphatic rings. The largest absolute Gasteiger partial charge is 0.342 e. The van der Waals surface area contributed by atoms with Crippen molar-refractivity contribution in [2.45, 2.75) is 45.1 Å². The fourth-order valence-electron chi connectivity index (χ4n) is 3.79. The van der Waals surface area contributed by atoms with Gasteiger partial charge in [-0.25, -0.2) is 9.97 Å². The van der Waals surface area contributed by atoms with E-state index in [4.69, 9.17) is 4.98 Å². The molecule has 3 heterocycles. The van der Waals surface area contributed by atoms with E-state index in [0.717, 1.165) is 48.6 Å². The summed E-state index contributed by atoms with van der Waals surface area (Å²) < 4.78 is 1.97. The quantitative estimate of drug-likeness (QED) is 0.784. The third-order valence-electron chi connectivity index (χ3n) is 5.14. The van der Waals surface area contributed by atoms with Crippen molar-refractivity contribution >= 4 is 16.9 Å². The number of fused-ring (bicyclic) bond motifs is 1.